The molecule has 0 amide bonds. The molecule has 0 atom stereocenters. The van der Waals surface area contributed by atoms with Crippen LogP contribution in [0.25, 0.3) is 0 Å². The average Bonchev–Trinajstić information content (AvgIpc) is 2.76. The van der Waals surface area contributed by atoms with Gasteiger partial charge in [0.1, 0.15) is 5.75 Å². The largest absolute Gasteiger partial charge is 0.573 e. The summed E-state index contributed by atoms with van der Waals surface area (Å²) >= 11 is 0. The number of nitrogens with one attached hydrogen (secondary N) is 1. The first kappa shape index (κ1) is 15.2. The monoisotopic (exact) mass is 299 g/mol. The summed E-state index contributed by atoms with van der Waals surface area (Å²) in [6.07, 6.45) is -2.16. The molecule has 4 nitrogen and oxygen atoms in total. The van der Waals surface area contributed by atoms with Gasteiger partial charge in [-0.3, -0.25) is 4.68 Å². The van der Waals surface area contributed by atoms with Gasteiger partial charge < -0.3 is 10.1 Å². The van der Waals surface area contributed by atoms with Crippen molar-refractivity contribution in [2.45, 2.75) is 26.3 Å². The molecule has 2 rings (SSSR count). The van der Waals surface area contributed by atoms with Crippen LogP contribution in [0, 0.1) is 0 Å². The van der Waals surface area contributed by atoms with E-state index in [0.717, 1.165) is 17.8 Å². The minimum absolute atomic E-state index is 0.195. The Kier molecular flexibility index (Phi) is 4.40. The van der Waals surface area contributed by atoms with E-state index in [2.05, 4.69) is 15.2 Å². The van der Waals surface area contributed by atoms with Crippen LogP contribution in [0.3, 0.4) is 0 Å². The molecule has 0 spiro atoms. The van der Waals surface area contributed by atoms with Crippen LogP contribution in [0.2, 0.25) is 0 Å². The molecule has 7 heteroatoms. The lowest BCUT2D eigenvalue weighted by Gasteiger charge is -2.13. The maximum atomic E-state index is 12.4. The third-order valence-electron chi connectivity index (χ3n) is 2.91. The highest BCUT2D eigenvalue weighted by molar-refractivity contribution is 5.48. The maximum absolute atomic E-state index is 12.4. The van der Waals surface area contributed by atoms with Crippen molar-refractivity contribution >= 4 is 5.69 Å². The molecule has 0 unspecified atom stereocenters. The lowest BCUT2D eigenvalue weighted by atomic mass is 10.2. The van der Waals surface area contributed by atoms with Crippen LogP contribution in [0.5, 0.6) is 5.75 Å². The summed E-state index contributed by atoms with van der Waals surface area (Å²) in [5.41, 5.74) is 2.11. The Hall–Kier alpha value is -2.18. The molecule has 1 heterocycles. The molecule has 0 bridgehead atoms. The highest BCUT2D eigenvalue weighted by Crippen LogP contribution is 2.27. The van der Waals surface area contributed by atoms with Crippen molar-refractivity contribution in [3.05, 3.63) is 41.7 Å². The number of rotatable bonds is 5. The number of nitrogens with zero attached hydrogens (tertiary/aromatic N) is 2. The molecular weight excluding hydrogens is 283 g/mol. The van der Waals surface area contributed by atoms with Crippen molar-refractivity contribution in [1.82, 2.24) is 9.78 Å². The molecule has 114 valence electrons. The molecule has 1 N–H and O–H groups in total. The molecule has 21 heavy (non-hydrogen) atoms. The van der Waals surface area contributed by atoms with Crippen LogP contribution >= 0.6 is 0 Å². The number of alkyl halides is 3. The van der Waals surface area contributed by atoms with E-state index in [0.29, 0.717) is 5.56 Å². The quantitative estimate of drug-likeness (QED) is 0.918. The predicted molar refractivity (Wildman–Crippen MR) is 73.0 cm³/mol. The molecule has 0 aliphatic rings. The number of hydrogen-bond donors (Lipinski definition) is 1. The first-order valence-corrected chi connectivity index (χ1v) is 6.49. The molecule has 0 saturated heterocycles. The summed E-state index contributed by atoms with van der Waals surface area (Å²) in [6.45, 7) is 2.19. The summed E-state index contributed by atoms with van der Waals surface area (Å²) in [6, 6.07) is 6.07. The van der Waals surface area contributed by atoms with E-state index < -0.39 is 6.36 Å². The lowest BCUT2D eigenvalue weighted by molar-refractivity contribution is -0.274. The summed E-state index contributed by atoms with van der Waals surface area (Å²) < 4.78 is 42.7. The Balaban J connectivity index is 2.13. The summed E-state index contributed by atoms with van der Waals surface area (Å²) in [4.78, 5) is 0. The standard InChI is InChI=1S/C14H16F3N3O/c1-3-11-12(9-20(2)19-11)18-8-10-6-4-5-7-13(10)21-14(15,16)17/h4-7,9,18H,3,8H2,1-2H3. The molecule has 0 radical (unpaired) electrons. The minimum atomic E-state index is -4.70. The fraction of sp³-hybridized carbons (Fsp3) is 0.357. The van der Waals surface area contributed by atoms with Crippen molar-refractivity contribution in [3.8, 4) is 5.75 Å². The fourth-order valence-electron chi connectivity index (χ4n) is 2.01. The van der Waals surface area contributed by atoms with Gasteiger partial charge in [0.2, 0.25) is 0 Å². The lowest BCUT2D eigenvalue weighted by Crippen LogP contribution is -2.18. The number of para-hydroxylation sites is 1. The highest BCUT2D eigenvalue weighted by atomic mass is 19.4. The van der Waals surface area contributed by atoms with E-state index in [-0.39, 0.29) is 12.3 Å². The number of aromatic nitrogens is 2. The summed E-state index contributed by atoms with van der Waals surface area (Å²) in [7, 11) is 1.80. The van der Waals surface area contributed by atoms with E-state index in [1.165, 1.54) is 12.1 Å². The van der Waals surface area contributed by atoms with E-state index >= 15 is 0 Å². The topological polar surface area (TPSA) is 39.1 Å². The van der Waals surface area contributed by atoms with Gasteiger partial charge in [-0.1, -0.05) is 25.1 Å². The van der Waals surface area contributed by atoms with Gasteiger partial charge in [0.15, 0.2) is 0 Å². The number of ether oxygens (including phenoxy) is 1. The molecule has 2 aromatic rings. The van der Waals surface area contributed by atoms with Gasteiger partial charge in [0, 0.05) is 25.4 Å². The summed E-state index contributed by atoms with van der Waals surface area (Å²) in [5.74, 6) is -0.195. The van der Waals surface area contributed by atoms with Gasteiger partial charge in [-0.15, -0.1) is 13.2 Å². The van der Waals surface area contributed by atoms with Crippen molar-refractivity contribution in [1.29, 1.82) is 0 Å². The second kappa shape index (κ2) is 6.07. The van der Waals surface area contributed by atoms with Crippen molar-refractivity contribution in [2.24, 2.45) is 7.05 Å². The smallest absolute Gasteiger partial charge is 0.405 e. The van der Waals surface area contributed by atoms with E-state index in [1.54, 1.807) is 30.1 Å². The number of aryl methyl sites for hydroxylation is 2. The molecule has 0 aliphatic carbocycles. The van der Waals surface area contributed by atoms with Crippen molar-refractivity contribution in [3.63, 3.8) is 0 Å². The van der Waals surface area contributed by atoms with Gasteiger partial charge in [0.25, 0.3) is 0 Å². The number of anilines is 1. The molecular formula is C14H16F3N3O. The third kappa shape index (κ3) is 4.14. The number of hydrogen-bond acceptors (Lipinski definition) is 3. The van der Waals surface area contributed by atoms with Crippen LogP contribution in [0.1, 0.15) is 18.2 Å². The van der Waals surface area contributed by atoms with Gasteiger partial charge >= 0.3 is 6.36 Å². The van der Waals surface area contributed by atoms with E-state index in [9.17, 15) is 13.2 Å². The van der Waals surface area contributed by atoms with Crippen LogP contribution in [-0.4, -0.2) is 16.1 Å². The van der Waals surface area contributed by atoms with Crippen LogP contribution in [-0.2, 0) is 20.0 Å². The zero-order valence-corrected chi connectivity index (χ0v) is 11.7. The highest BCUT2D eigenvalue weighted by Gasteiger charge is 2.31. The van der Waals surface area contributed by atoms with Gasteiger partial charge in [-0.05, 0) is 12.5 Å². The van der Waals surface area contributed by atoms with Crippen LogP contribution in [0.15, 0.2) is 30.5 Å². The average molecular weight is 299 g/mol. The Morgan fingerprint density at radius 3 is 2.67 bits per heavy atom. The van der Waals surface area contributed by atoms with E-state index in [4.69, 9.17) is 0 Å². The van der Waals surface area contributed by atoms with Crippen molar-refractivity contribution in [2.75, 3.05) is 5.32 Å². The molecule has 0 fully saturated rings. The Labute approximate surface area is 120 Å². The zero-order valence-electron chi connectivity index (χ0n) is 11.7. The Bertz CT molecular complexity index is 608. The van der Waals surface area contributed by atoms with Crippen molar-refractivity contribution < 1.29 is 17.9 Å². The van der Waals surface area contributed by atoms with Gasteiger partial charge in [0.05, 0.1) is 11.4 Å². The predicted octanol–water partition coefficient (Wildman–Crippen LogP) is 3.49. The Morgan fingerprint density at radius 2 is 2.00 bits per heavy atom. The maximum Gasteiger partial charge on any atom is 0.573 e. The number of halogens is 3. The number of benzene rings is 1. The molecule has 1 aromatic heterocycles. The normalized spacial score (nSPS) is 11.5. The first-order chi connectivity index (χ1) is 9.89. The molecule has 1 aromatic carbocycles. The zero-order chi connectivity index (χ0) is 15.5. The van der Waals surface area contributed by atoms with E-state index in [1.807, 2.05) is 6.92 Å². The van der Waals surface area contributed by atoms with Gasteiger partial charge in [-0.25, -0.2) is 0 Å². The van der Waals surface area contributed by atoms with Crippen LogP contribution in [0.4, 0.5) is 18.9 Å². The fourth-order valence-corrected chi connectivity index (χ4v) is 2.01. The Morgan fingerprint density at radius 1 is 1.29 bits per heavy atom. The summed E-state index contributed by atoms with van der Waals surface area (Å²) in [5, 5.41) is 7.36. The SMILES string of the molecule is CCc1nn(C)cc1NCc1ccccc1OC(F)(F)F. The molecule has 0 aliphatic heterocycles. The second-order valence-electron chi connectivity index (χ2n) is 4.53. The van der Waals surface area contributed by atoms with Crippen LogP contribution < -0.4 is 10.1 Å². The second-order valence-corrected chi connectivity index (χ2v) is 4.53. The van der Waals surface area contributed by atoms with Gasteiger partial charge in [-0.2, -0.15) is 5.10 Å². The molecule has 0 saturated carbocycles. The third-order valence-corrected chi connectivity index (χ3v) is 2.91. The minimum Gasteiger partial charge on any atom is -0.405 e. The first-order valence-electron chi connectivity index (χ1n) is 6.49.